The van der Waals surface area contributed by atoms with Gasteiger partial charge in [0.05, 0.1) is 4.90 Å². The number of hydrogen-bond acceptors (Lipinski definition) is 5. The number of anilines is 2. The van der Waals surface area contributed by atoms with Crippen molar-refractivity contribution in [3.8, 4) is 0 Å². The normalized spacial score (nSPS) is 12.4. The van der Waals surface area contributed by atoms with Gasteiger partial charge in [-0.1, -0.05) is 20.3 Å². The minimum atomic E-state index is -3.77. The molecule has 1 aromatic heterocycles. The Bertz CT molecular complexity index is 777. The van der Waals surface area contributed by atoms with Crippen LogP contribution in [-0.2, 0) is 14.8 Å². The number of hydrogen-bond donors (Lipinski definition) is 2. The van der Waals surface area contributed by atoms with Crippen LogP contribution in [0.3, 0.4) is 0 Å². The SMILES string of the molecule is CCC[C@@H](C)C(=O)Nc1ccc(S(=O)(=O)Nc2ncccn2)cc1. The molecule has 1 aromatic carbocycles. The Kier molecular flexibility index (Phi) is 5.86. The summed E-state index contributed by atoms with van der Waals surface area (Å²) in [4.78, 5) is 19.7. The fourth-order valence-electron chi connectivity index (χ4n) is 2.08. The molecule has 0 saturated carbocycles. The van der Waals surface area contributed by atoms with Gasteiger partial charge in [0.2, 0.25) is 11.9 Å². The van der Waals surface area contributed by atoms with Gasteiger partial charge in [0, 0.05) is 24.0 Å². The molecule has 1 heterocycles. The molecule has 0 fully saturated rings. The Morgan fingerprint density at radius 2 is 1.79 bits per heavy atom. The molecule has 0 aliphatic heterocycles. The lowest BCUT2D eigenvalue weighted by Crippen LogP contribution is -2.20. The molecule has 0 unspecified atom stereocenters. The van der Waals surface area contributed by atoms with Crippen LogP contribution in [0.4, 0.5) is 11.6 Å². The molecule has 2 aromatic rings. The molecule has 0 spiro atoms. The van der Waals surface area contributed by atoms with Crippen molar-refractivity contribution in [1.29, 1.82) is 0 Å². The second-order valence-electron chi connectivity index (χ2n) is 5.38. The van der Waals surface area contributed by atoms with Crippen molar-refractivity contribution >= 4 is 27.6 Å². The first-order valence-corrected chi connectivity index (χ1v) is 9.11. The van der Waals surface area contributed by atoms with Crippen LogP contribution in [0.2, 0.25) is 0 Å². The first-order valence-electron chi connectivity index (χ1n) is 7.63. The maximum absolute atomic E-state index is 12.3. The molecule has 24 heavy (non-hydrogen) atoms. The quantitative estimate of drug-likeness (QED) is 0.801. The number of amides is 1. The Labute approximate surface area is 141 Å². The Balaban J connectivity index is 2.07. The van der Waals surface area contributed by atoms with Crippen LogP contribution in [0, 0.1) is 5.92 Å². The van der Waals surface area contributed by atoms with Crippen LogP contribution in [0.15, 0.2) is 47.6 Å². The number of carbonyl (C=O) groups excluding carboxylic acids is 1. The van der Waals surface area contributed by atoms with Crippen molar-refractivity contribution in [3.05, 3.63) is 42.7 Å². The second kappa shape index (κ2) is 7.87. The van der Waals surface area contributed by atoms with E-state index in [0.717, 1.165) is 12.8 Å². The van der Waals surface area contributed by atoms with Gasteiger partial charge in [-0.25, -0.2) is 23.1 Å². The first kappa shape index (κ1) is 17.9. The second-order valence-corrected chi connectivity index (χ2v) is 7.06. The zero-order chi connectivity index (χ0) is 17.6. The molecule has 0 aliphatic rings. The highest BCUT2D eigenvalue weighted by atomic mass is 32.2. The van der Waals surface area contributed by atoms with E-state index in [1.807, 2.05) is 13.8 Å². The molecule has 0 saturated heterocycles. The van der Waals surface area contributed by atoms with E-state index in [4.69, 9.17) is 0 Å². The number of carbonyl (C=O) groups is 1. The first-order chi connectivity index (χ1) is 11.4. The number of nitrogens with one attached hydrogen (secondary N) is 2. The van der Waals surface area contributed by atoms with Gasteiger partial charge in [0.15, 0.2) is 0 Å². The number of benzene rings is 1. The summed E-state index contributed by atoms with van der Waals surface area (Å²) >= 11 is 0. The largest absolute Gasteiger partial charge is 0.326 e. The van der Waals surface area contributed by atoms with Crippen LogP contribution in [0.1, 0.15) is 26.7 Å². The van der Waals surface area contributed by atoms with Crippen molar-refractivity contribution in [2.24, 2.45) is 5.92 Å². The van der Waals surface area contributed by atoms with E-state index in [1.165, 1.54) is 24.5 Å². The smallest absolute Gasteiger partial charge is 0.264 e. The van der Waals surface area contributed by atoms with Crippen LogP contribution in [-0.4, -0.2) is 24.3 Å². The van der Waals surface area contributed by atoms with Crippen LogP contribution in [0.5, 0.6) is 0 Å². The highest BCUT2D eigenvalue weighted by Crippen LogP contribution is 2.17. The van der Waals surface area contributed by atoms with E-state index in [-0.39, 0.29) is 22.7 Å². The summed E-state index contributed by atoms with van der Waals surface area (Å²) in [5.74, 6) is -0.165. The predicted octanol–water partition coefficient (Wildman–Crippen LogP) is 2.65. The minimum absolute atomic E-state index is 0.00303. The number of aromatic nitrogens is 2. The van der Waals surface area contributed by atoms with E-state index in [2.05, 4.69) is 20.0 Å². The number of sulfonamides is 1. The van der Waals surface area contributed by atoms with Gasteiger partial charge in [0.1, 0.15) is 0 Å². The summed E-state index contributed by atoms with van der Waals surface area (Å²) in [6.45, 7) is 3.88. The summed E-state index contributed by atoms with van der Waals surface area (Å²) in [5, 5.41) is 2.78. The molecule has 2 N–H and O–H groups in total. The lowest BCUT2D eigenvalue weighted by molar-refractivity contribution is -0.119. The number of nitrogens with zero attached hydrogens (tertiary/aromatic N) is 2. The molecular formula is C16H20N4O3S. The monoisotopic (exact) mass is 348 g/mol. The molecule has 2 rings (SSSR count). The van der Waals surface area contributed by atoms with Gasteiger partial charge in [-0.3, -0.25) is 4.79 Å². The number of rotatable bonds is 7. The molecule has 0 radical (unpaired) electrons. The summed E-state index contributed by atoms with van der Waals surface area (Å²) < 4.78 is 26.8. The maximum atomic E-state index is 12.3. The third-order valence-electron chi connectivity index (χ3n) is 3.39. The predicted molar refractivity (Wildman–Crippen MR) is 92.0 cm³/mol. The zero-order valence-corrected chi connectivity index (χ0v) is 14.4. The van der Waals surface area contributed by atoms with Crippen LogP contribution in [0.25, 0.3) is 0 Å². The van der Waals surface area contributed by atoms with Crippen molar-refractivity contribution < 1.29 is 13.2 Å². The van der Waals surface area contributed by atoms with Gasteiger partial charge < -0.3 is 5.32 Å². The molecule has 0 aliphatic carbocycles. The van der Waals surface area contributed by atoms with Gasteiger partial charge in [0.25, 0.3) is 10.0 Å². The summed E-state index contributed by atoms with van der Waals surface area (Å²) in [6.07, 6.45) is 4.63. The van der Waals surface area contributed by atoms with Gasteiger partial charge in [-0.05, 0) is 36.8 Å². The van der Waals surface area contributed by atoms with Gasteiger partial charge in [-0.15, -0.1) is 0 Å². The molecule has 1 amide bonds. The van der Waals surface area contributed by atoms with Gasteiger partial charge in [-0.2, -0.15) is 0 Å². The van der Waals surface area contributed by atoms with Crippen LogP contribution < -0.4 is 10.0 Å². The lowest BCUT2D eigenvalue weighted by atomic mass is 10.1. The summed E-state index contributed by atoms with van der Waals surface area (Å²) in [5.41, 5.74) is 0.554. The van der Waals surface area contributed by atoms with E-state index in [9.17, 15) is 13.2 Å². The van der Waals surface area contributed by atoms with Crippen molar-refractivity contribution in [1.82, 2.24) is 9.97 Å². The van der Waals surface area contributed by atoms with Crippen molar-refractivity contribution in [2.75, 3.05) is 10.0 Å². The fraction of sp³-hybridized carbons (Fsp3) is 0.312. The van der Waals surface area contributed by atoms with Gasteiger partial charge >= 0.3 is 0 Å². The third-order valence-corrected chi connectivity index (χ3v) is 4.74. The maximum Gasteiger partial charge on any atom is 0.264 e. The summed E-state index contributed by atoms with van der Waals surface area (Å²) in [6, 6.07) is 7.54. The Morgan fingerprint density at radius 1 is 1.17 bits per heavy atom. The minimum Gasteiger partial charge on any atom is -0.326 e. The van der Waals surface area contributed by atoms with Crippen LogP contribution >= 0.6 is 0 Å². The molecular weight excluding hydrogens is 328 g/mol. The molecule has 128 valence electrons. The third kappa shape index (κ3) is 4.76. The van der Waals surface area contributed by atoms with Crippen molar-refractivity contribution in [3.63, 3.8) is 0 Å². The zero-order valence-electron chi connectivity index (χ0n) is 13.6. The molecule has 0 bridgehead atoms. The average molecular weight is 348 g/mol. The average Bonchev–Trinajstić information content (AvgIpc) is 2.56. The molecule has 1 atom stereocenters. The topological polar surface area (TPSA) is 101 Å². The van der Waals surface area contributed by atoms with E-state index in [1.54, 1.807) is 18.2 Å². The van der Waals surface area contributed by atoms with E-state index in [0.29, 0.717) is 5.69 Å². The fourth-order valence-corrected chi connectivity index (χ4v) is 3.04. The standard InChI is InChI=1S/C16H20N4O3S/c1-3-5-12(2)15(21)19-13-6-8-14(9-7-13)24(22,23)20-16-17-10-4-11-18-16/h4,6-12H,3,5H2,1-2H3,(H,19,21)(H,17,18,20)/t12-/m1/s1. The van der Waals surface area contributed by atoms with Crippen molar-refractivity contribution in [2.45, 2.75) is 31.6 Å². The Morgan fingerprint density at radius 3 is 2.38 bits per heavy atom. The lowest BCUT2D eigenvalue weighted by Gasteiger charge is -2.12. The Hall–Kier alpha value is -2.48. The highest BCUT2D eigenvalue weighted by molar-refractivity contribution is 7.92. The highest BCUT2D eigenvalue weighted by Gasteiger charge is 2.16. The summed E-state index contributed by atoms with van der Waals surface area (Å²) in [7, 11) is -3.77. The van der Waals surface area contributed by atoms with E-state index < -0.39 is 10.0 Å². The van der Waals surface area contributed by atoms with E-state index >= 15 is 0 Å². The molecule has 8 heteroatoms. The molecule has 7 nitrogen and oxygen atoms in total.